The minimum Gasteiger partial charge on any atom is -0.481 e. The van der Waals surface area contributed by atoms with Gasteiger partial charge in [0, 0.05) is 25.6 Å². The van der Waals surface area contributed by atoms with Gasteiger partial charge in [0.15, 0.2) is 0 Å². The van der Waals surface area contributed by atoms with Gasteiger partial charge in [0.1, 0.15) is 11.4 Å². The maximum absolute atomic E-state index is 12.6. The summed E-state index contributed by atoms with van der Waals surface area (Å²) in [6.45, 7) is 6.07. The van der Waals surface area contributed by atoms with E-state index in [1.54, 1.807) is 24.1 Å². The van der Waals surface area contributed by atoms with E-state index >= 15 is 0 Å². The van der Waals surface area contributed by atoms with E-state index in [4.69, 9.17) is 9.47 Å². The third-order valence-corrected chi connectivity index (χ3v) is 5.07. The van der Waals surface area contributed by atoms with Crippen LogP contribution in [0, 0.1) is 18.3 Å². The number of nitrogens with zero attached hydrogens (tertiary/aromatic N) is 3. The molecule has 0 radical (unpaired) electrons. The Kier molecular flexibility index (Phi) is 4.60. The lowest BCUT2D eigenvalue weighted by molar-refractivity contribution is -0.125. The Labute approximate surface area is 158 Å². The highest BCUT2D eigenvalue weighted by molar-refractivity contribution is 5.93. The summed E-state index contributed by atoms with van der Waals surface area (Å²) in [5.74, 6) is 0.583. The van der Waals surface area contributed by atoms with E-state index in [1.807, 2.05) is 20.8 Å². The van der Waals surface area contributed by atoms with Crippen LogP contribution in [0.4, 0.5) is 4.79 Å². The molecular formula is C20H23N3O4. The first-order valence-electron chi connectivity index (χ1n) is 8.82. The summed E-state index contributed by atoms with van der Waals surface area (Å²) in [6.07, 6.45) is 0.640. The number of methoxy groups -OCH3 is 1. The van der Waals surface area contributed by atoms with Gasteiger partial charge >= 0.3 is 6.09 Å². The lowest BCUT2D eigenvalue weighted by atomic mass is 9.89. The van der Waals surface area contributed by atoms with Gasteiger partial charge in [-0.3, -0.25) is 9.69 Å². The van der Waals surface area contributed by atoms with Gasteiger partial charge in [0.25, 0.3) is 0 Å². The monoisotopic (exact) mass is 369 g/mol. The molecule has 142 valence electrons. The Morgan fingerprint density at radius 1 is 1.41 bits per heavy atom. The van der Waals surface area contributed by atoms with Crippen molar-refractivity contribution in [1.82, 2.24) is 9.80 Å². The molecule has 1 aromatic carbocycles. The molecule has 3 rings (SSSR count). The van der Waals surface area contributed by atoms with Crippen molar-refractivity contribution in [2.45, 2.75) is 39.2 Å². The van der Waals surface area contributed by atoms with Crippen LogP contribution < -0.4 is 4.74 Å². The third-order valence-electron chi connectivity index (χ3n) is 5.07. The van der Waals surface area contributed by atoms with E-state index in [1.165, 1.54) is 12.0 Å². The van der Waals surface area contributed by atoms with Crippen LogP contribution in [-0.4, -0.2) is 48.1 Å². The molecule has 0 spiro atoms. The molecule has 2 amide bonds. The van der Waals surface area contributed by atoms with Crippen LogP contribution in [0.2, 0.25) is 0 Å². The fraction of sp³-hybridized carbons (Fsp3) is 0.450. The van der Waals surface area contributed by atoms with Crippen LogP contribution >= 0.6 is 0 Å². The van der Waals surface area contributed by atoms with Crippen molar-refractivity contribution in [3.8, 4) is 11.8 Å². The Morgan fingerprint density at radius 2 is 2.11 bits per heavy atom. The van der Waals surface area contributed by atoms with Crippen LogP contribution in [0.5, 0.6) is 5.75 Å². The van der Waals surface area contributed by atoms with E-state index in [9.17, 15) is 14.9 Å². The van der Waals surface area contributed by atoms with Crippen LogP contribution in [0.25, 0.3) is 5.70 Å². The highest BCUT2D eigenvalue weighted by Crippen LogP contribution is 2.46. The second kappa shape index (κ2) is 6.62. The Morgan fingerprint density at radius 3 is 2.67 bits per heavy atom. The maximum Gasteiger partial charge on any atom is 0.413 e. The predicted octanol–water partition coefficient (Wildman–Crippen LogP) is 3.03. The number of hydrogen-bond acceptors (Lipinski definition) is 5. The molecule has 1 fully saturated rings. The number of rotatable bonds is 2. The number of hydrogen-bond donors (Lipinski definition) is 0. The van der Waals surface area contributed by atoms with E-state index in [2.05, 4.69) is 6.07 Å². The summed E-state index contributed by atoms with van der Waals surface area (Å²) in [7, 11) is 2.91. The highest BCUT2D eigenvalue weighted by Gasteiger charge is 2.44. The van der Waals surface area contributed by atoms with Crippen molar-refractivity contribution in [3.63, 3.8) is 0 Å². The van der Waals surface area contributed by atoms with E-state index in [0.29, 0.717) is 41.2 Å². The average Bonchev–Trinajstić information content (AvgIpc) is 3.04. The van der Waals surface area contributed by atoms with Crippen LogP contribution in [0.15, 0.2) is 17.8 Å². The van der Waals surface area contributed by atoms with E-state index in [-0.39, 0.29) is 5.91 Å². The fourth-order valence-corrected chi connectivity index (χ4v) is 3.85. The molecule has 1 aromatic rings. The van der Waals surface area contributed by atoms with Gasteiger partial charge in [-0.25, -0.2) is 4.79 Å². The molecule has 2 aliphatic heterocycles. The first-order chi connectivity index (χ1) is 12.7. The first kappa shape index (κ1) is 18.8. The molecular weight excluding hydrogens is 346 g/mol. The highest BCUT2D eigenvalue weighted by atomic mass is 16.5. The molecule has 1 saturated heterocycles. The molecule has 7 nitrogen and oxygen atoms in total. The number of carbonyl (C=O) groups excluding carboxylic acids is 2. The normalized spacial score (nSPS) is 17.9. The Balaban J connectivity index is 2.38. The number of amides is 2. The van der Waals surface area contributed by atoms with Crippen molar-refractivity contribution in [2.24, 2.45) is 0 Å². The SMILES string of the molecule is COC(=O)N(C)C1=C(N2CCCC2=O)c2c(ccc(C#N)c2C)OC1(C)C. The topological polar surface area (TPSA) is 82.9 Å². The fourth-order valence-electron chi connectivity index (χ4n) is 3.85. The quantitative estimate of drug-likeness (QED) is 0.800. The largest absolute Gasteiger partial charge is 0.481 e. The number of likely N-dealkylation sites (N-methyl/N-ethyl adjacent to an activating group) is 1. The van der Waals surface area contributed by atoms with Crippen LogP contribution in [0.1, 0.15) is 43.4 Å². The molecule has 0 aromatic heterocycles. The van der Waals surface area contributed by atoms with Gasteiger partial charge in [0.05, 0.1) is 30.1 Å². The summed E-state index contributed by atoms with van der Waals surface area (Å²) >= 11 is 0. The number of likely N-dealkylation sites (tertiary alicyclic amines) is 1. The molecule has 0 atom stereocenters. The van der Waals surface area contributed by atoms with E-state index < -0.39 is 11.7 Å². The lowest BCUT2D eigenvalue weighted by Gasteiger charge is -2.42. The molecule has 2 heterocycles. The van der Waals surface area contributed by atoms with Gasteiger partial charge in [0.2, 0.25) is 5.91 Å². The lowest BCUT2D eigenvalue weighted by Crippen LogP contribution is -2.46. The third kappa shape index (κ3) is 2.91. The Bertz CT molecular complexity index is 895. The van der Waals surface area contributed by atoms with Crippen molar-refractivity contribution in [3.05, 3.63) is 34.5 Å². The van der Waals surface area contributed by atoms with E-state index in [0.717, 1.165) is 12.0 Å². The standard InChI is InChI=1S/C20H23N3O4/c1-12-13(11-21)8-9-14-16(12)17(23-10-6-7-15(23)24)18(20(2,3)27-14)22(4)19(25)26-5/h8-9H,6-7,10H2,1-5H3. The summed E-state index contributed by atoms with van der Waals surface area (Å²) < 4.78 is 11.1. The minimum absolute atomic E-state index is 0.00817. The molecule has 0 aliphatic carbocycles. The van der Waals surface area contributed by atoms with Crippen molar-refractivity contribution in [2.75, 3.05) is 20.7 Å². The zero-order valence-electron chi connectivity index (χ0n) is 16.3. The first-order valence-corrected chi connectivity index (χ1v) is 8.82. The Hall–Kier alpha value is -3.01. The van der Waals surface area contributed by atoms with Crippen molar-refractivity contribution in [1.29, 1.82) is 5.26 Å². The van der Waals surface area contributed by atoms with Gasteiger partial charge in [-0.2, -0.15) is 5.26 Å². The van der Waals surface area contributed by atoms with Gasteiger partial charge < -0.3 is 14.4 Å². The minimum atomic E-state index is -0.880. The number of benzene rings is 1. The summed E-state index contributed by atoms with van der Waals surface area (Å²) in [5.41, 5.74) is 2.17. The number of fused-ring (bicyclic) bond motifs is 1. The molecule has 2 aliphatic rings. The molecule has 0 unspecified atom stereocenters. The number of ether oxygens (including phenoxy) is 2. The second-order valence-corrected chi connectivity index (χ2v) is 7.21. The zero-order chi connectivity index (χ0) is 19.9. The van der Waals surface area contributed by atoms with Crippen LogP contribution in [0.3, 0.4) is 0 Å². The van der Waals surface area contributed by atoms with Crippen LogP contribution in [-0.2, 0) is 9.53 Å². The maximum atomic E-state index is 12.6. The second-order valence-electron chi connectivity index (χ2n) is 7.21. The van der Waals surface area contributed by atoms with Gasteiger partial charge in [-0.05, 0) is 44.9 Å². The molecule has 0 saturated carbocycles. The average molecular weight is 369 g/mol. The number of carbonyl (C=O) groups is 2. The van der Waals surface area contributed by atoms with Gasteiger partial charge in [-0.1, -0.05) is 0 Å². The van der Waals surface area contributed by atoms with Crippen molar-refractivity contribution >= 4 is 17.7 Å². The van der Waals surface area contributed by atoms with Gasteiger partial charge in [-0.15, -0.1) is 0 Å². The molecule has 0 bridgehead atoms. The predicted molar refractivity (Wildman–Crippen MR) is 98.6 cm³/mol. The summed E-state index contributed by atoms with van der Waals surface area (Å²) in [5, 5.41) is 9.46. The van der Waals surface area contributed by atoms with Crippen molar-refractivity contribution < 1.29 is 19.1 Å². The summed E-state index contributed by atoms with van der Waals surface area (Å²) in [4.78, 5) is 28.0. The zero-order valence-corrected chi connectivity index (χ0v) is 16.3. The smallest absolute Gasteiger partial charge is 0.413 e. The molecule has 27 heavy (non-hydrogen) atoms. The summed E-state index contributed by atoms with van der Waals surface area (Å²) in [6, 6.07) is 5.64. The molecule has 7 heteroatoms. The molecule has 0 N–H and O–H groups in total. The number of nitriles is 1.